The summed E-state index contributed by atoms with van der Waals surface area (Å²) < 4.78 is 11.2. The Kier molecular flexibility index (Phi) is 2.16. The van der Waals surface area contributed by atoms with Crippen LogP contribution in [0.25, 0.3) is 0 Å². The zero-order valence-electron chi connectivity index (χ0n) is 8.20. The zero-order valence-corrected chi connectivity index (χ0v) is 8.96. The number of hydrogen-bond donors (Lipinski definition) is 0. The molecule has 0 amide bonds. The number of hydrogen-bond acceptors (Lipinski definition) is 4. The van der Waals surface area contributed by atoms with Gasteiger partial charge in [-0.1, -0.05) is 0 Å². The van der Waals surface area contributed by atoms with Gasteiger partial charge in [-0.05, 0) is 11.6 Å². The van der Waals surface area contributed by atoms with Gasteiger partial charge in [-0.2, -0.15) is 0 Å². The van der Waals surface area contributed by atoms with Gasteiger partial charge in [0.05, 0.1) is 12.3 Å². The minimum Gasteiger partial charge on any atom is -0.381 e. The number of aromatic nitrogens is 2. The van der Waals surface area contributed by atoms with Gasteiger partial charge in [0.2, 0.25) is 5.28 Å². The third-order valence-corrected chi connectivity index (χ3v) is 3.25. The van der Waals surface area contributed by atoms with E-state index < -0.39 is 0 Å². The topological polar surface area (TPSA) is 44.2 Å². The molecule has 1 fully saturated rings. The fourth-order valence-electron chi connectivity index (χ4n) is 2.25. The first kappa shape index (κ1) is 9.51. The Morgan fingerprint density at radius 2 is 2.13 bits per heavy atom. The van der Waals surface area contributed by atoms with Crippen LogP contribution < -0.4 is 0 Å². The first-order chi connectivity index (χ1) is 7.30. The number of rotatable bonds is 0. The SMILES string of the molecule is Clc1ncc2c(n1)C1(CCOCC1)OC2. The Hall–Kier alpha value is -0.710. The van der Waals surface area contributed by atoms with Crippen LogP contribution >= 0.6 is 11.6 Å². The highest BCUT2D eigenvalue weighted by Gasteiger charge is 2.43. The molecule has 0 saturated carbocycles. The Labute approximate surface area is 92.6 Å². The maximum Gasteiger partial charge on any atom is 0.222 e. The molecule has 3 heterocycles. The third kappa shape index (κ3) is 1.44. The van der Waals surface area contributed by atoms with E-state index in [0.717, 1.165) is 37.3 Å². The van der Waals surface area contributed by atoms with Gasteiger partial charge < -0.3 is 9.47 Å². The molecule has 0 unspecified atom stereocenters. The van der Waals surface area contributed by atoms with Crippen LogP contribution in [0.1, 0.15) is 24.1 Å². The van der Waals surface area contributed by atoms with Gasteiger partial charge in [-0.15, -0.1) is 0 Å². The zero-order chi connectivity index (χ0) is 10.3. The molecule has 0 aromatic carbocycles. The second-order valence-electron chi connectivity index (χ2n) is 3.91. The number of halogens is 1. The average molecular weight is 227 g/mol. The van der Waals surface area contributed by atoms with E-state index in [0.29, 0.717) is 11.9 Å². The molecule has 0 atom stereocenters. The minimum absolute atomic E-state index is 0.264. The second-order valence-corrected chi connectivity index (χ2v) is 4.25. The maximum absolute atomic E-state index is 5.87. The molecule has 1 aromatic rings. The molecule has 15 heavy (non-hydrogen) atoms. The molecular formula is C10H11ClN2O2. The van der Waals surface area contributed by atoms with E-state index in [2.05, 4.69) is 9.97 Å². The van der Waals surface area contributed by atoms with Gasteiger partial charge in [-0.25, -0.2) is 9.97 Å². The average Bonchev–Trinajstić information content (AvgIpc) is 2.59. The van der Waals surface area contributed by atoms with Crippen molar-refractivity contribution < 1.29 is 9.47 Å². The lowest BCUT2D eigenvalue weighted by molar-refractivity contribution is -0.109. The Bertz CT molecular complexity index is 385. The summed E-state index contributed by atoms with van der Waals surface area (Å²) >= 11 is 5.82. The summed E-state index contributed by atoms with van der Waals surface area (Å²) in [6, 6.07) is 0. The van der Waals surface area contributed by atoms with Crippen LogP contribution in [-0.2, 0) is 21.7 Å². The number of nitrogens with zero attached hydrogens (tertiary/aromatic N) is 2. The summed E-state index contributed by atoms with van der Waals surface area (Å²) in [6.07, 6.45) is 3.47. The highest BCUT2D eigenvalue weighted by atomic mass is 35.5. The first-order valence-corrected chi connectivity index (χ1v) is 5.42. The number of ether oxygens (including phenoxy) is 2. The summed E-state index contributed by atoms with van der Waals surface area (Å²) in [4.78, 5) is 8.28. The van der Waals surface area contributed by atoms with Crippen LogP contribution in [0.15, 0.2) is 6.20 Å². The third-order valence-electron chi connectivity index (χ3n) is 3.07. The molecule has 80 valence electrons. The van der Waals surface area contributed by atoms with Crippen molar-refractivity contribution in [1.82, 2.24) is 9.97 Å². The van der Waals surface area contributed by atoms with Gasteiger partial charge in [0.1, 0.15) is 5.60 Å². The van der Waals surface area contributed by atoms with Crippen molar-refractivity contribution in [3.8, 4) is 0 Å². The van der Waals surface area contributed by atoms with Crippen molar-refractivity contribution in [1.29, 1.82) is 0 Å². The van der Waals surface area contributed by atoms with E-state index in [1.165, 1.54) is 0 Å². The molecule has 0 N–H and O–H groups in total. The Morgan fingerprint density at radius 3 is 2.93 bits per heavy atom. The minimum atomic E-state index is -0.264. The molecule has 0 bridgehead atoms. The molecule has 3 rings (SSSR count). The lowest BCUT2D eigenvalue weighted by Gasteiger charge is -2.32. The van der Waals surface area contributed by atoms with Crippen LogP contribution in [-0.4, -0.2) is 23.2 Å². The fraction of sp³-hybridized carbons (Fsp3) is 0.600. The molecule has 4 nitrogen and oxygen atoms in total. The van der Waals surface area contributed by atoms with E-state index in [4.69, 9.17) is 21.1 Å². The van der Waals surface area contributed by atoms with Crippen molar-refractivity contribution in [2.75, 3.05) is 13.2 Å². The lowest BCUT2D eigenvalue weighted by atomic mass is 9.90. The maximum atomic E-state index is 5.87. The van der Waals surface area contributed by atoms with Gasteiger partial charge in [0.25, 0.3) is 0 Å². The molecule has 2 aliphatic rings. The summed E-state index contributed by atoms with van der Waals surface area (Å²) in [5.41, 5.74) is 1.76. The van der Waals surface area contributed by atoms with Crippen LogP contribution in [0.5, 0.6) is 0 Å². The van der Waals surface area contributed by atoms with Crippen molar-refractivity contribution in [3.05, 3.63) is 22.7 Å². The van der Waals surface area contributed by atoms with E-state index in [9.17, 15) is 0 Å². The van der Waals surface area contributed by atoms with Crippen LogP contribution in [0.3, 0.4) is 0 Å². The predicted molar refractivity (Wildman–Crippen MR) is 53.6 cm³/mol. The van der Waals surface area contributed by atoms with E-state index in [1.54, 1.807) is 6.20 Å². The van der Waals surface area contributed by atoms with Gasteiger partial charge in [0, 0.05) is 37.8 Å². The molecular weight excluding hydrogens is 216 g/mol. The Morgan fingerprint density at radius 1 is 1.33 bits per heavy atom. The smallest absolute Gasteiger partial charge is 0.222 e. The van der Waals surface area contributed by atoms with Gasteiger partial charge in [-0.3, -0.25) is 0 Å². The second kappa shape index (κ2) is 3.40. The molecule has 0 radical (unpaired) electrons. The monoisotopic (exact) mass is 226 g/mol. The van der Waals surface area contributed by atoms with E-state index >= 15 is 0 Å². The van der Waals surface area contributed by atoms with E-state index in [1.807, 2.05) is 0 Å². The lowest BCUT2D eigenvalue weighted by Crippen LogP contribution is -2.34. The first-order valence-electron chi connectivity index (χ1n) is 5.04. The quantitative estimate of drug-likeness (QED) is 0.632. The molecule has 0 aliphatic carbocycles. The molecule has 5 heteroatoms. The predicted octanol–water partition coefficient (Wildman–Crippen LogP) is 1.67. The molecule has 1 spiro atoms. The highest BCUT2D eigenvalue weighted by molar-refractivity contribution is 6.28. The normalized spacial score (nSPS) is 23.0. The molecule has 2 aliphatic heterocycles. The standard InChI is InChI=1S/C10H11ClN2O2/c11-9-12-5-7-6-15-10(8(7)13-9)1-3-14-4-2-10/h5H,1-4,6H2. The van der Waals surface area contributed by atoms with Crippen LogP contribution in [0, 0.1) is 0 Å². The molecule has 1 saturated heterocycles. The van der Waals surface area contributed by atoms with Crippen molar-refractivity contribution in [3.63, 3.8) is 0 Å². The Balaban J connectivity index is 2.05. The summed E-state index contributed by atoms with van der Waals surface area (Å²) in [6.45, 7) is 2.04. The van der Waals surface area contributed by atoms with Crippen molar-refractivity contribution in [2.45, 2.75) is 25.0 Å². The fourth-order valence-corrected chi connectivity index (χ4v) is 2.39. The van der Waals surface area contributed by atoms with E-state index in [-0.39, 0.29) is 5.60 Å². The largest absolute Gasteiger partial charge is 0.381 e. The van der Waals surface area contributed by atoms with Gasteiger partial charge in [0.15, 0.2) is 0 Å². The number of fused-ring (bicyclic) bond motifs is 2. The molecule has 1 aromatic heterocycles. The van der Waals surface area contributed by atoms with Crippen molar-refractivity contribution >= 4 is 11.6 Å². The van der Waals surface area contributed by atoms with Crippen LogP contribution in [0.2, 0.25) is 5.28 Å². The summed E-state index contributed by atoms with van der Waals surface area (Å²) in [5, 5.41) is 0.296. The van der Waals surface area contributed by atoms with Crippen molar-refractivity contribution in [2.24, 2.45) is 0 Å². The summed E-state index contributed by atoms with van der Waals surface area (Å²) in [7, 11) is 0. The van der Waals surface area contributed by atoms with Gasteiger partial charge >= 0.3 is 0 Å². The highest BCUT2D eigenvalue weighted by Crippen LogP contribution is 2.42. The van der Waals surface area contributed by atoms with Crippen LogP contribution in [0.4, 0.5) is 0 Å². The summed E-state index contributed by atoms with van der Waals surface area (Å²) in [5.74, 6) is 0.